The van der Waals surface area contributed by atoms with Crippen LogP contribution in [-0.4, -0.2) is 11.1 Å². The molecule has 86 valence electrons. The Balaban J connectivity index is 2.43. The van der Waals surface area contributed by atoms with Gasteiger partial charge in [0.2, 0.25) is 0 Å². The molecule has 1 aliphatic rings. The van der Waals surface area contributed by atoms with E-state index in [1.54, 1.807) is 0 Å². The lowest BCUT2D eigenvalue weighted by molar-refractivity contribution is -0.143. The van der Waals surface area contributed by atoms with Crippen molar-refractivity contribution in [1.29, 1.82) is 0 Å². The highest BCUT2D eigenvalue weighted by Crippen LogP contribution is 2.40. The minimum absolute atomic E-state index is 0.169. The van der Waals surface area contributed by atoms with Crippen LogP contribution in [0.5, 0.6) is 0 Å². The van der Waals surface area contributed by atoms with Crippen LogP contribution >= 0.6 is 0 Å². The summed E-state index contributed by atoms with van der Waals surface area (Å²) in [6.07, 6.45) is 1.67. The van der Waals surface area contributed by atoms with Crippen molar-refractivity contribution in [3.05, 3.63) is 35.4 Å². The highest BCUT2D eigenvalue weighted by atomic mass is 16.4. The van der Waals surface area contributed by atoms with Crippen molar-refractivity contribution in [2.45, 2.75) is 32.6 Å². The van der Waals surface area contributed by atoms with Crippen molar-refractivity contribution in [2.24, 2.45) is 11.8 Å². The Hall–Kier alpha value is -1.31. The lowest BCUT2D eigenvalue weighted by Crippen LogP contribution is -2.30. The summed E-state index contributed by atoms with van der Waals surface area (Å²) in [5.74, 6) is -0.312. The third-order valence-corrected chi connectivity index (χ3v) is 3.61. The standard InChI is InChI=1S/C14H18O2/c1-9(2)13-11-6-4-3-5-10(11)7-8-12(13)14(15)16/h3-6,9,12-13H,7-8H2,1-2H3,(H,15,16). The molecule has 0 heterocycles. The van der Waals surface area contributed by atoms with Gasteiger partial charge in [0.1, 0.15) is 0 Å². The van der Waals surface area contributed by atoms with E-state index in [2.05, 4.69) is 26.0 Å². The van der Waals surface area contributed by atoms with Crippen molar-refractivity contribution in [3.63, 3.8) is 0 Å². The Labute approximate surface area is 96.3 Å². The van der Waals surface area contributed by atoms with Crippen LogP contribution < -0.4 is 0 Å². The van der Waals surface area contributed by atoms with E-state index in [4.69, 9.17) is 0 Å². The predicted octanol–water partition coefficient (Wildman–Crippen LogP) is 3.07. The monoisotopic (exact) mass is 218 g/mol. The van der Waals surface area contributed by atoms with Gasteiger partial charge in [-0.1, -0.05) is 38.1 Å². The third kappa shape index (κ3) is 1.84. The molecule has 0 aliphatic heterocycles. The van der Waals surface area contributed by atoms with E-state index in [-0.39, 0.29) is 11.8 Å². The van der Waals surface area contributed by atoms with Crippen molar-refractivity contribution in [3.8, 4) is 0 Å². The van der Waals surface area contributed by atoms with E-state index >= 15 is 0 Å². The summed E-state index contributed by atoms with van der Waals surface area (Å²) in [7, 11) is 0. The van der Waals surface area contributed by atoms with Crippen LogP contribution in [0.4, 0.5) is 0 Å². The Morgan fingerprint density at radius 3 is 2.69 bits per heavy atom. The summed E-state index contributed by atoms with van der Waals surface area (Å²) in [4.78, 5) is 11.3. The van der Waals surface area contributed by atoms with Crippen LogP contribution in [0.25, 0.3) is 0 Å². The quantitative estimate of drug-likeness (QED) is 0.828. The molecule has 0 aromatic heterocycles. The van der Waals surface area contributed by atoms with E-state index in [0.29, 0.717) is 5.92 Å². The molecule has 1 aliphatic carbocycles. The summed E-state index contributed by atoms with van der Waals surface area (Å²) in [5.41, 5.74) is 2.58. The van der Waals surface area contributed by atoms with Crippen LogP contribution in [0.2, 0.25) is 0 Å². The molecule has 2 atom stereocenters. The van der Waals surface area contributed by atoms with Gasteiger partial charge in [0.05, 0.1) is 5.92 Å². The SMILES string of the molecule is CC(C)C1c2ccccc2CCC1C(=O)O. The van der Waals surface area contributed by atoms with Gasteiger partial charge in [-0.2, -0.15) is 0 Å². The maximum atomic E-state index is 11.3. The smallest absolute Gasteiger partial charge is 0.307 e. The first-order valence-corrected chi connectivity index (χ1v) is 5.92. The summed E-state index contributed by atoms with van der Waals surface area (Å²) in [6, 6.07) is 8.27. The van der Waals surface area contributed by atoms with Crippen molar-refractivity contribution in [2.75, 3.05) is 0 Å². The maximum absolute atomic E-state index is 11.3. The zero-order valence-corrected chi connectivity index (χ0v) is 9.81. The number of fused-ring (bicyclic) bond motifs is 1. The number of hydrogen-bond donors (Lipinski definition) is 1. The van der Waals surface area contributed by atoms with Crippen molar-refractivity contribution < 1.29 is 9.90 Å². The molecule has 2 rings (SSSR count). The topological polar surface area (TPSA) is 37.3 Å². The number of carboxylic acids is 1. The predicted molar refractivity (Wildman–Crippen MR) is 63.5 cm³/mol. The number of hydrogen-bond acceptors (Lipinski definition) is 1. The average molecular weight is 218 g/mol. The lowest BCUT2D eigenvalue weighted by atomic mass is 9.70. The molecule has 0 saturated carbocycles. The second-order valence-corrected chi connectivity index (χ2v) is 4.95. The van der Waals surface area contributed by atoms with Crippen LogP contribution in [0.3, 0.4) is 0 Å². The highest BCUT2D eigenvalue weighted by molar-refractivity contribution is 5.72. The van der Waals surface area contributed by atoms with Gasteiger partial charge in [0.25, 0.3) is 0 Å². The molecule has 1 N–H and O–H groups in total. The largest absolute Gasteiger partial charge is 0.481 e. The number of carbonyl (C=O) groups is 1. The number of rotatable bonds is 2. The molecule has 2 nitrogen and oxygen atoms in total. The number of aliphatic carboxylic acids is 1. The zero-order valence-electron chi connectivity index (χ0n) is 9.81. The van der Waals surface area contributed by atoms with E-state index in [0.717, 1.165) is 12.8 Å². The number of benzene rings is 1. The Morgan fingerprint density at radius 2 is 2.06 bits per heavy atom. The fourth-order valence-corrected chi connectivity index (χ4v) is 2.90. The van der Waals surface area contributed by atoms with Crippen LogP contribution in [0.1, 0.15) is 37.3 Å². The second kappa shape index (κ2) is 4.28. The molecule has 16 heavy (non-hydrogen) atoms. The van der Waals surface area contributed by atoms with Crippen LogP contribution in [-0.2, 0) is 11.2 Å². The average Bonchev–Trinajstić information content (AvgIpc) is 2.27. The van der Waals surface area contributed by atoms with Gasteiger partial charge < -0.3 is 5.11 Å². The molecule has 1 aromatic carbocycles. The van der Waals surface area contributed by atoms with Crippen molar-refractivity contribution >= 4 is 5.97 Å². The Kier molecular flexibility index (Phi) is 2.99. The van der Waals surface area contributed by atoms with Gasteiger partial charge >= 0.3 is 5.97 Å². The molecule has 0 spiro atoms. The van der Waals surface area contributed by atoms with E-state index in [1.807, 2.05) is 12.1 Å². The second-order valence-electron chi connectivity index (χ2n) is 4.95. The van der Waals surface area contributed by atoms with Crippen LogP contribution in [0, 0.1) is 11.8 Å². The fourth-order valence-electron chi connectivity index (χ4n) is 2.90. The summed E-state index contributed by atoms with van der Waals surface area (Å²) >= 11 is 0. The van der Waals surface area contributed by atoms with Gasteiger partial charge in [-0.05, 0) is 35.8 Å². The fraction of sp³-hybridized carbons (Fsp3) is 0.500. The highest BCUT2D eigenvalue weighted by Gasteiger charge is 2.35. The summed E-state index contributed by atoms with van der Waals surface area (Å²) < 4.78 is 0. The lowest BCUT2D eigenvalue weighted by Gasteiger charge is -2.33. The van der Waals surface area contributed by atoms with Gasteiger partial charge in [-0.25, -0.2) is 0 Å². The molecule has 0 amide bonds. The minimum Gasteiger partial charge on any atom is -0.481 e. The maximum Gasteiger partial charge on any atom is 0.307 e. The van der Waals surface area contributed by atoms with E-state index < -0.39 is 5.97 Å². The van der Waals surface area contributed by atoms with Gasteiger partial charge in [0, 0.05) is 0 Å². The molecule has 0 fully saturated rings. The molecular formula is C14H18O2. The minimum atomic E-state index is -0.645. The molecule has 1 aromatic rings. The molecule has 2 heteroatoms. The zero-order chi connectivity index (χ0) is 11.7. The molecule has 0 saturated heterocycles. The number of aryl methyl sites for hydroxylation is 1. The Morgan fingerprint density at radius 1 is 1.38 bits per heavy atom. The van der Waals surface area contributed by atoms with Crippen molar-refractivity contribution in [1.82, 2.24) is 0 Å². The molecule has 0 radical (unpaired) electrons. The van der Waals surface area contributed by atoms with Gasteiger partial charge in [0.15, 0.2) is 0 Å². The van der Waals surface area contributed by atoms with E-state index in [1.165, 1.54) is 11.1 Å². The van der Waals surface area contributed by atoms with Gasteiger partial charge in [-0.3, -0.25) is 4.79 Å². The first kappa shape index (κ1) is 11.2. The normalized spacial score (nSPS) is 24.2. The summed E-state index contributed by atoms with van der Waals surface area (Å²) in [5, 5.41) is 9.28. The molecular weight excluding hydrogens is 200 g/mol. The third-order valence-electron chi connectivity index (χ3n) is 3.61. The summed E-state index contributed by atoms with van der Waals surface area (Å²) in [6.45, 7) is 4.23. The van der Waals surface area contributed by atoms with Gasteiger partial charge in [-0.15, -0.1) is 0 Å². The molecule has 2 unspecified atom stereocenters. The van der Waals surface area contributed by atoms with E-state index in [9.17, 15) is 9.90 Å². The molecule has 0 bridgehead atoms. The first-order valence-electron chi connectivity index (χ1n) is 5.92. The first-order chi connectivity index (χ1) is 7.61. The number of carboxylic acid groups (broad SMARTS) is 1. The Bertz CT molecular complexity index is 395. The van der Waals surface area contributed by atoms with Crippen LogP contribution in [0.15, 0.2) is 24.3 Å².